The molecule has 4 nitrogen and oxygen atoms in total. The monoisotopic (exact) mass is 320 g/mol. The highest BCUT2D eigenvalue weighted by atomic mass is 32.2. The van der Waals surface area contributed by atoms with Crippen LogP contribution in [-0.2, 0) is 4.74 Å². The number of hydrogen-bond acceptors (Lipinski definition) is 3. The van der Waals surface area contributed by atoms with Crippen molar-refractivity contribution in [3.63, 3.8) is 0 Å². The molecule has 0 aromatic heterocycles. The molecule has 1 N–H and O–H groups in total. The van der Waals surface area contributed by atoms with E-state index in [9.17, 15) is 4.79 Å². The van der Waals surface area contributed by atoms with Crippen molar-refractivity contribution >= 4 is 23.5 Å². The van der Waals surface area contributed by atoms with Gasteiger partial charge in [0.25, 0.3) is 0 Å². The molecule has 2 unspecified atom stereocenters. The molecule has 5 heteroatoms. The third kappa shape index (κ3) is 3.25. The lowest BCUT2D eigenvalue weighted by Crippen LogP contribution is -2.34. The number of rotatable bonds is 3. The highest BCUT2D eigenvalue weighted by molar-refractivity contribution is 7.98. The number of carbonyl (C=O) groups is 1. The number of urea groups is 1. The molecule has 2 aliphatic heterocycles. The number of ether oxygens (including phenoxy) is 1. The van der Waals surface area contributed by atoms with Crippen molar-refractivity contribution in [1.29, 1.82) is 0 Å². The van der Waals surface area contributed by atoms with Crippen LogP contribution in [0.4, 0.5) is 10.5 Å². The van der Waals surface area contributed by atoms with Crippen molar-refractivity contribution in [2.24, 2.45) is 11.8 Å². The first kappa shape index (κ1) is 15.7. The molecule has 0 spiro atoms. The van der Waals surface area contributed by atoms with E-state index < -0.39 is 0 Å². The van der Waals surface area contributed by atoms with Crippen LogP contribution < -0.4 is 5.32 Å². The molecular weight excluding hydrogens is 296 g/mol. The van der Waals surface area contributed by atoms with Gasteiger partial charge < -0.3 is 15.0 Å². The summed E-state index contributed by atoms with van der Waals surface area (Å²) in [5, 5.41) is 3.08. The van der Waals surface area contributed by atoms with E-state index in [1.807, 2.05) is 17.0 Å². The van der Waals surface area contributed by atoms with Gasteiger partial charge in [0.05, 0.1) is 0 Å². The molecular formula is C17H24N2O2S. The van der Waals surface area contributed by atoms with Crippen molar-refractivity contribution in [2.75, 3.05) is 37.9 Å². The number of nitrogens with zero attached hydrogens (tertiary/aromatic N) is 1. The number of anilines is 1. The molecule has 2 heterocycles. The summed E-state index contributed by atoms with van der Waals surface area (Å²) in [5.41, 5.74) is 2.06. The predicted molar refractivity (Wildman–Crippen MR) is 90.6 cm³/mol. The molecule has 2 amide bonds. The lowest BCUT2D eigenvalue weighted by molar-refractivity contribution is 0.171. The molecule has 2 atom stereocenters. The Bertz CT molecular complexity index is 543. The maximum atomic E-state index is 12.5. The maximum Gasteiger partial charge on any atom is 0.321 e. The van der Waals surface area contributed by atoms with Crippen molar-refractivity contribution in [3.8, 4) is 0 Å². The van der Waals surface area contributed by atoms with Crippen molar-refractivity contribution in [3.05, 3.63) is 23.8 Å². The highest BCUT2D eigenvalue weighted by Gasteiger charge is 2.33. The first-order chi connectivity index (χ1) is 10.7. The Kier molecular flexibility index (Phi) is 4.93. The standard InChI is InChI=1S/C17H24N2O2S/c1-12-15(4-3-5-16(12)22-2)18-17(20)19-8-6-13(10-19)14-7-9-21-11-14/h3-5,13-14H,6-11H2,1-2H3,(H,18,20). The number of thioether (sulfide) groups is 1. The first-order valence-corrected chi connectivity index (χ1v) is 9.18. The summed E-state index contributed by atoms with van der Waals surface area (Å²) in [6.45, 7) is 5.53. The minimum atomic E-state index is 0.0303. The zero-order chi connectivity index (χ0) is 15.5. The van der Waals surface area contributed by atoms with Gasteiger partial charge in [-0.1, -0.05) is 6.07 Å². The molecule has 3 rings (SSSR count). The van der Waals surface area contributed by atoms with E-state index in [2.05, 4.69) is 24.6 Å². The Hall–Kier alpha value is -1.20. The smallest absolute Gasteiger partial charge is 0.321 e. The largest absolute Gasteiger partial charge is 0.381 e. The summed E-state index contributed by atoms with van der Waals surface area (Å²) < 4.78 is 5.48. The Morgan fingerprint density at radius 3 is 2.95 bits per heavy atom. The molecule has 0 saturated carbocycles. The average Bonchev–Trinajstić information content (AvgIpc) is 3.20. The van der Waals surface area contributed by atoms with Gasteiger partial charge in [0.2, 0.25) is 0 Å². The van der Waals surface area contributed by atoms with Crippen molar-refractivity contribution in [2.45, 2.75) is 24.7 Å². The zero-order valence-corrected chi connectivity index (χ0v) is 14.1. The lowest BCUT2D eigenvalue weighted by atomic mass is 9.91. The van der Waals surface area contributed by atoms with Crippen LogP contribution in [0.3, 0.4) is 0 Å². The van der Waals surface area contributed by atoms with Gasteiger partial charge in [-0.15, -0.1) is 11.8 Å². The van der Waals surface area contributed by atoms with Crippen LogP contribution >= 0.6 is 11.8 Å². The number of likely N-dealkylation sites (tertiary alicyclic amines) is 1. The number of nitrogens with one attached hydrogen (secondary N) is 1. The van der Waals surface area contributed by atoms with Crippen LogP contribution in [0.25, 0.3) is 0 Å². The number of amides is 2. The second-order valence-corrected chi connectivity index (χ2v) is 7.03. The van der Waals surface area contributed by atoms with Crippen LogP contribution in [0.2, 0.25) is 0 Å². The predicted octanol–water partition coefficient (Wildman–Crippen LogP) is 3.61. The molecule has 2 fully saturated rings. The van der Waals surface area contributed by atoms with Crippen LogP contribution in [0.15, 0.2) is 23.1 Å². The summed E-state index contributed by atoms with van der Waals surface area (Å²) in [6, 6.07) is 6.09. The van der Waals surface area contributed by atoms with E-state index in [4.69, 9.17) is 4.74 Å². The van der Waals surface area contributed by atoms with Crippen molar-refractivity contribution in [1.82, 2.24) is 4.90 Å². The van der Waals surface area contributed by atoms with Crippen LogP contribution in [0, 0.1) is 18.8 Å². The van der Waals surface area contributed by atoms with E-state index in [0.717, 1.165) is 50.4 Å². The molecule has 1 aromatic rings. The topological polar surface area (TPSA) is 41.6 Å². The van der Waals surface area contributed by atoms with Gasteiger partial charge in [-0.2, -0.15) is 0 Å². The SMILES string of the molecule is CSc1cccc(NC(=O)N2CCC(C3CCOC3)C2)c1C. The third-order valence-electron chi connectivity index (χ3n) is 4.89. The molecule has 0 radical (unpaired) electrons. The van der Waals surface area contributed by atoms with Crippen molar-refractivity contribution < 1.29 is 9.53 Å². The summed E-state index contributed by atoms with van der Waals surface area (Å²) in [5.74, 6) is 1.24. The zero-order valence-electron chi connectivity index (χ0n) is 13.3. The van der Waals surface area contributed by atoms with E-state index in [1.54, 1.807) is 11.8 Å². The van der Waals surface area contributed by atoms with Gasteiger partial charge in [0, 0.05) is 36.9 Å². The minimum absolute atomic E-state index is 0.0303. The second kappa shape index (κ2) is 6.92. The molecule has 0 aliphatic carbocycles. The first-order valence-electron chi connectivity index (χ1n) is 7.96. The molecule has 120 valence electrons. The van der Waals surface area contributed by atoms with Gasteiger partial charge in [0.1, 0.15) is 0 Å². The van der Waals surface area contributed by atoms with Crippen LogP contribution in [0.5, 0.6) is 0 Å². The average molecular weight is 320 g/mol. The van der Waals surface area contributed by atoms with E-state index in [1.165, 1.54) is 4.90 Å². The van der Waals surface area contributed by atoms with Gasteiger partial charge in [-0.05, 0) is 55.6 Å². The summed E-state index contributed by atoms with van der Waals surface area (Å²) in [6.07, 6.45) is 4.31. The second-order valence-electron chi connectivity index (χ2n) is 6.18. The van der Waals surface area contributed by atoms with E-state index in [0.29, 0.717) is 11.8 Å². The normalized spacial score (nSPS) is 24.7. The lowest BCUT2D eigenvalue weighted by Gasteiger charge is -2.20. The highest BCUT2D eigenvalue weighted by Crippen LogP contribution is 2.31. The minimum Gasteiger partial charge on any atom is -0.381 e. The van der Waals surface area contributed by atoms with E-state index >= 15 is 0 Å². The molecule has 1 aromatic carbocycles. The molecule has 22 heavy (non-hydrogen) atoms. The molecule has 2 saturated heterocycles. The Morgan fingerprint density at radius 2 is 2.23 bits per heavy atom. The number of hydrogen-bond donors (Lipinski definition) is 1. The fraction of sp³-hybridized carbons (Fsp3) is 0.588. The Morgan fingerprint density at radius 1 is 1.36 bits per heavy atom. The fourth-order valence-corrected chi connectivity index (χ4v) is 4.08. The Balaban J connectivity index is 1.61. The molecule has 2 aliphatic rings. The molecule has 0 bridgehead atoms. The van der Waals surface area contributed by atoms with Gasteiger partial charge in [-0.3, -0.25) is 0 Å². The van der Waals surface area contributed by atoms with Gasteiger partial charge in [-0.25, -0.2) is 4.79 Å². The fourth-order valence-electron chi connectivity index (χ4n) is 3.45. The Labute approximate surface area is 136 Å². The summed E-state index contributed by atoms with van der Waals surface area (Å²) in [4.78, 5) is 15.7. The third-order valence-corrected chi connectivity index (χ3v) is 5.77. The summed E-state index contributed by atoms with van der Waals surface area (Å²) >= 11 is 1.71. The van der Waals surface area contributed by atoms with Crippen LogP contribution in [-0.4, -0.2) is 43.5 Å². The summed E-state index contributed by atoms with van der Waals surface area (Å²) in [7, 11) is 0. The van der Waals surface area contributed by atoms with Crippen LogP contribution in [0.1, 0.15) is 18.4 Å². The maximum absolute atomic E-state index is 12.5. The number of carbonyl (C=O) groups excluding carboxylic acids is 1. The van der Waals surface area contributed by atoms with Gasteiger partial charge >= 0.3 is 6.03 Å². The van der Waals surface area contributed by atoms with Gasteiger partial charge in [0.15, 0.2) is 0 Å². The quantitative estimate of drug-likeness (QED) is 0.865. The van der Waals surface area contributed by atoms with E-state index in [-0.39, 0.29) is 6.03 Å². The number of benzene rings is 1.